The second kappa shape index (κ2) is 6.86. The summed E-state index contributed by atoms with van der Waals surface area (Å²) >= 11 is 0. The minimum atomic E-state index is -0.0452. The first-order valence-electron chi connectivity index (χ1n) is 6.20. The molecule has 1 saturated carbocycles. The molecule has 1 aliphatic rings. The zero-order valence-corrected chi connectivity index (χ0v) is 10.2. The van der Waals surface area contributed by atoms with Crippen LogP contribution in [0.5, 0.6) is 0 Å². The van der Waals surface area contributed by atoms with E-state index in [1.165, 1.54) is 0 Å². The number of nitrogens with one attached hydrogen (secondary N) is 1. The van der Waals surface area contributed by atoms with Gasteiger partial charge in [0.25, 0.3) is 0 Å². The third-order valence-electron chi connectivity index (χ3n) is 3.14. The largest absolute Gasteiger partial charge is 0.466 e. The van der Waals surface area contributed by atoms with Crippen LogP contribution in [0.3, 0.4) is 0 Å². The molecule has 1 fully saturated rings. The van der Waals surface area contributed by atoms with Crippen LogP contribution >= 0.6 is 0 Å². The standard InChI is InChI=1S/C12H23NO3/c1-3-16-12(15)10-4-6-11(7-5-10)13-9(2)8-14/h9-11,13-14H,3-8H2,1-2H3/t9-,10?,11?/m0/s1. The Morgan fingerprint density at radius 2 is 2.06 bits per heavy atom. The number of hydrogen-bond donors (Lipinski definition) is 2. The number of esters is 1. The SMILES string of the molecule is CCOC(=O)C1CCC(N[C@@H](C)CO)CC1. The molecule has 0 radical (unpaired) electrons. The van der Waals surface area contributed by atoms with Gasteiger partial charge in [0.15, 0.2) is 0 Å². The van der Waals surface area contributed by atoms with Crippen LogP contribution in [0.15, 0.2) is 0 Å². The monoisotopic (exact) mass is 229 g/mol. The van der Waals surface area contributed by atoms with Crippen LogP contribution in [0.1, 0.15) is 39.5 Å². The number of carbonyl (C=O) groups excluding carboxylic acids is 1. The molecule has 0 heterocycles. The third kappa shape index (κ3) is 4.10. The van der Waals surface area contributed by atoms with Crippen LogP contribution in [0.25, 0.3) is 0 Å². The number of ether oxygens (including phenoxy) is 1. The maximum Gasteiger partial charge on any atom is 0.308 e. The van der Waals surface area contributed by atoms with Gasteiger partial charge in [-0.25, -0.2) is 0 Å². The van der Waals surface area contributed by atoms with Crippen LogP contribution in [-0.2, 0) is 9.53 Å². The molecule has 4 nitrogen and oxygen atoms in total. The van der Waals surface area contributed by atoms with E-state index in [0.717, 1.165) is 25.7 Å². The maximum absolute atomic E-state index is 11.5. The van der Waals surface area contributed by atoms with Crippen molar-refractivity contribution in [1.82, 2.24) is 5.32 Å². The Morgan fingerprint density at radius 3 is 2.56 bits per heavy atom. The summed E-state index contributed by atoms with van der Waals surface area (Å²) in [6, 6.07) is 0.581. The van der Waals surface area contributed by atoms with Gasteiger partial charge in [-0.3, -0.25) is 4.79 Å². The van der Waals surface area contributed by atoms with E-state index in [0.29, 0.717) is 12.6 Å². The van der Waals surface area contributed by atoms with Gasteiger partial charge in [0.05, 0.1) is 19.1 Å². The molecule has 0 spiro atoms. The topological polar surface area (TPSA) is 58.6 Å². The smallest absolute Gasteiger partial charge is 0.308 e. The fraction of sp³-hybridized carbons (Fsp3) is 0.917. The van der Waals surface area contributed by atoms with Gasteiger partial charge < -0.3 is 15.2 Å². The average molecular weight is 229 g/mol. The Balaban J connectivity index is 2.25. The predicted octanol–water partition coefficient (Wildman–Crippen LogP) is 1.08. The molecule has 1 aliphatic carbocycles. The van der Waals surface area contributed by atoms with Crippen molar-refractivity contribution < 1.29 is 14.6 Å². The van der Waals surface area contributed by atoms with Gasteiger partial charge in [-0.15, -0.1) is 0 Å². The minimum Gasteiger partial charge on any atom is -0.466 e. The lowest BCUT2D eigenvalue weighted by Crippen LogP contribution is -2.41. The Hall–Kier alpha value is -0.610. The molecule has 1 rings (SSSR count). The Labute approximate surface area is 97.4 Å². The van der Waals surface area contributed by atoms with E-state index in [1.807, 2.05) is 13.8 Å². The number of hydrogen-bond acceptors (Lipinski definition) is 4. The molecule has 0 bridgehead atoms. The van der Waals surface area contributed by atoms with Crippen molar-refractivity contribution in [3.05, 3.63) is 0 Å². The van der Waals surface area contributed by atoms with Crippen molar-refractivity contribution in [1.29, 1.82) is 0 Å². The van der Waals surface area contributed by atoms with Crippen molar-refractivity contribution in [2.24, 2.45) is 5.92 Å². The highest BCUT2D eigenvalue weighted by Gasteiger charge is 2.27. The lowest BCUT2D eigenvalue weighted by molar-refractivity contribution is -0.149. The zero-order chi connectivity index (χ0) is 12.0. The lowest BCUT2D eigenvalue weighted by Gasteiger charge is -2.29. The summed E-state index contributed by atoms with van der Waals surface area (Å²) in [6.45, 7) is 4.45. The highest BCUT2D eigenvalue weighted by molar-refractivity contribution is 5.72. The molecule has 2 N–H and O–H groups in total. The summed E-state index contributed by atoms with van der Waals surface area (Å²) in [7, 11) is 0. The van der Waals surface area contributed by atoms with E-state index in [1.54, 1.807) is 0 Å². The van der Waals surface area contributed by atoms with Gasteiger partial charge in [-0.1, -0.05) is 0 Å². The van der Waals surface area contributed by atoms with Crippen molar-refractivity contribution in [3.63, 3.8) is 0 Å². The summed E-state index contributed by atoms with van der Waals surface area (Å²) < 4.78 is 5.02. The molecule has 0 saturated heterocycles. The van der Waals surface area contributed by atoms with Crippen LogP contribution in [0.2, 0.25) is 0 Å². The van der Waals surface area contributed by atoms with Crippen molar-refractivity contribution in [2.45, 2.75) is 51.6 Å². The zero-order valence-electron chi connectivity index (χ0n) is 10.2. The molecular weight excluding hydrogens is 206 g/mol. The van der Waals surface area contributed by atoms with Crippen molar-refractivity contribution >= 4 is 5.97 Å². The van der Waals surface area contributed by atoms with Gasteiger partial charge in [0.2, 0.25) is 0 Å². The van der Waals surface area contributed by atoms with E-state index >= 15 is 0 Å². The first-order chi connectivity index (χ1) is 7.67. The molecule has 1 atom stereocenters. The highest BCUT2D eigenvalue weighted by Crippen LogP contribution is 2.25. The number of aliphatic hydroxyl groups excluding tert-OH is 1. The lowest BCUT2D eigenvalue weighted by atomic mass is 9.86. The Kier molecular flexibility index (Phi) is 5.77. The number of rotatable bonds is 5. The second-order valence-corrected chi connectivity index (χ2v) is 4.55. The Bertz CT molecular complexity index is 212. The van der Waals surface area contributed by atoms with Crippen molar-refractivity contribution in [2.75, 3.05) is 13.2 Å². The molecule has 16 heavy (non-hydrogen) atoms. The third-order valence-corrected chi connectivity index (χ3v) is 3.14. The van der Waals surface area contributed by atoms with E-state index < -0.39 is 0 Å². The summed E-state index contributed by atoms with van der Waals surface area (Å²) in [5.74, 6) is 0.0404. The normalized spacial score (nSPS) is 27.4. The molecule has 0 amide bonds. The molecule has 94 valence electrons. The fourth-order valence-corrected chi connectivity index (χ4v) is 2.21. The summed E-state index contributed by atoms with van der Waals surface area (Å²) in [5, 5.41) is 12.3. The van der Waals surface area contributed by atoms with E-state index in [2.05, 4.69) is 5.32 Å². The van der Waals surface area contributed by atoms with E-state index in [9.17, 15) is 4.79 Å². The van der Waals surface area contributed by atoms with Gasteiger partial charge in [0.1, 0.15) is 0 Å². The predicted molar refractivity (Wildman–Crippen MR) is 62.1 cm³/mol. The van der Waals surface area contributed by atoms with Gasteiger partial charge in [-0.05, 0) is 39.5 Å². The molecule has 0 aromatic carbocycles. The van der Waals surface area contributed by atoms with Crippen LogP contribution < -0.4 is 5.32 Å². The molecule has 0 aliphatic heterocycles. The van der Waals surface area contributed by atoms with Gasteiger partial charge in [-0.2, -0.15) is 0 Å². The highest BCUT2D eigenvalue weighted by atomic mass is 16.5. The minimum absolute atomic E-state index is 0.0452. The number of aliphatic hydroxyl groups is 1. The van der Waals surface area contributed by atoms with E-state index in [4.69, 9.17) is 9.84 Å². The summed E-state index contributed by atoms with van der Waals surface area (Å²) in [5.41, 5.74) is 0. The number of carbonyl (C=O) groups is 1. The maximum atomic E-state index is 11.5. The second-order valence-electron chi connectivity index (χ2n) is 4.55. The van der Waals surface area contributed by atoms with Crippen LogP contribution in [0.4, 0.5) is 0 Å². The van der Waals surface area contributed by atoms with Crippen molar-refractivity contribution in [3.8, 4) is 0 Å². The van der Waals surface area contributed by atoms with Gasteiger partial charge in [0, 0.05) is 12.1 Å². The van der Waals surface area contributed by atoms with E-state index in [-0.39, 0.29) is 24.5 Å². The van der Waals surface area contributed by atoms with Gasteiger partial charge >= 0.3 is 5.97 Å². The first kappa shape index (κ1) is 13.5. The Morgan fingerprint density at radius 1 is 1.44 bits per heavy atom. The van der Waals surface area contributed by atoms with Crippen LogP contribution in [-0.4, -0.2) is 36.4 Å². The average Bonchev–Trinajstić information content (AvgIpc) is 2.30. The first-order valence-corrected chi connectivity index (χ1v) is 6.20. The molecule has 0 aromatic rings. The fourth-order valence-electron chi connectivity index (χ4n) is 2.21. The van der Waals surface area contributed by atoms with Crippen LogP contribution in [0, 0.1) is 5.92 Å². The quantitative estimate of drug-likeness (QED) is 0.693. The summed E-state index contributed by atoms with van der Waals surface area (Å²) in [6.07, 6.45) is 3.78. The molecule has 0 unspecified atom stereocenters. The summed E-state index contributed by atoms with van der Waals surface area (Å²) in [4.78, 5) is 11.5. The molecule has 0 aromatic heterocycles. The molecule has 4 heteroatoms. The molecular formula is C12H23NO3.